The smallest absolute Gasteiger partial charge is 0.243 e. The number of carbonyl (C=O) groups excluding carboxylic acids is 2. The molecule has 0 spiro atoms. The van der Waals surface area contributed by atoms with E-state index in [2.05, 4.69) is 5.32 Å². The van der Waals surface area contributed by atoms with Crippen molar-refractivity contribution in [3.63, 3.8) is 0 Å². The molecule has 0 radical (unpaired) electrons. The first-order valence-electron chi connectivity index (χ1n) is 11.1. The van der Waals surface area contributed by atoms with Gasteiger partial charge in [0.25, 0.3) is 0 Å². The van der Waals surface area contributed by atoms with Gasteiger partial charge in [-0.2, -0.15) is 4.31 Å². The average molecular weight is 548 g/mol. The normalized spacial score (nSPS) is 12.2. The highest BCUT2D eigenvalue weighted by atomic mass is 35.5. The van der Waals surface area contributed by atoms with Gasteiger partial charge in [-0.15, -0.1) is 0 Å². The summed E-state index contributed by atoms with van der Waals surface area (Å²) in [6.07, 6.45) is 0.240. The molecule has 0 saturated heterocycles. The van der Waals surface area contributed by atoms with Crippen LogP contribution in [0.25, 0.3) is 0 Å². The van der Waals surface area contributed by atoms with Gasteiger partial charge in [0.05, 0.1) is 11.4 Å². The van der Waals surface area contributed by atoms with Gasteiger partial charge in [-0.05, 0) is 41.5 Å². The molecule has 0 aliphatic carbocycles. The molecule has 0 aliphatic heterocycles. The number of likely N-dealkylation sites (N-methyl/N-ethyl adjacent to an activating group) is 2. The predicted molar refractivity (Wildman–Crippen MR) is 141 cm³/mol. The maximum Gasteiger partial charge on any atom is 0.243 e. The van der Waals surface area contributed by atoms with Crippen LogP contribution in [-0.2, 0) is 32.6 Å². The third kappa shape index (κ3) is 6.85. The lowest BCUT2D eigenvalue weighted by atomic mass is 10.0. The molecule has 0 fully saturated rings. The largest absolute Gasteiger partial charge is 0.357 e. The number of hydrogen-bond donors (Lipinski definition) is 1. The third-order valence-electron chi connectivity index (χ3n) is 5.70. The monoisotopic (exact) mass is 547 g/mol. The van der Waals surface area contributed by atoms with Gasteiger partial charge in [0.2, 0.25) is 21.8 Å². The van der Waals surface area contributed by atoms with Crippen molar-refractivity contribution in [2.75, 3.05) is 20.6 Å². The van der Waals surface area contributed by atoms with Gasteiger partial charge < -0.3 is 10.2 Å². The Kier molecular flexibility index (Phi) is 9.50. The second kappa shape index (κ2) is 12.4. The van der Waals surface area contributed by atoms with Crippen LogP contribution in [-0.4, -0.2) is 56.1 Å². The summed E-state index contributed by atoms with van der Waals surface area (Å²) in [4.78, 5) is 28.0. The van der Waals surface area contributed by atoms with Crippen molar-refractivity contribution in [1.29, 1.82) is 0 Å². The molecule has 3 rings (SSSR count). The maximum atomic E-state index is 13.6. The molecule has 3 aromatic carbocycles. The van der Waals surface area contributed by atoms with Crippen molar-refractivity contribution in [2.24, 2.45) is 0 Å². The van der Waals surface area contributed by atoms with Gasteiger partial charge in [0, 0.05) is 37.1 Å². The summed E-state index contributed by atoms with van der Waals surface area (Å²) in [7, 11) is -1.16. The van der Waals surface area contributed by atoms with Gasteiger partial charge in [0.15, 0.2) is 0 Å². The fourth-order valence-corrected chi connectivity index (χ4v) is 5.13. The number of benzene rings is 3. The van der Waals surface area contributed by atoms with E-state index in [-0.39, 0.29) is 23.8 Å². The average Bonchev–Trinajstić information content (AvgIpc) is 2.87. The zero-order chi connectivity index (χ0) is 26.3. The Balaban J connectivity index is 1.95. The van der Waals surface area contributed by atoms with E-state index in [4.69, 9.17) is 23.2 Å². The van der Waals surface area contributed by atoms with Crippen molar-refractivity contribution < 1.29 is 18.0 Å². The molecular formula is C26H27Cl2N3O4S. The summed E-state index contributed by atoms with van der Waals surface area (Å²) in [5, 5.41) is 3.46. The molecule has 0 bridgehead atoms. The molecule has 2 amide bonds. The number of hydrogen-bond acceptors (Lipinski definition) is 4. The molecule has 36 heavy (non-hydrogen) atoms. The van der Waals surface area contributed by atoms with Crippen molar-refractivity contribution in [3.05, 3.63) is 100 Å². The minimum absolute atomic E-state index is 0.00647. The zero-order valence-electron chi connectivity index (χ0n) is 19.9. The van der Waals surface area contributed by atoms with Crippen LogP contribution in [0.15, 0.2) is 83.8 Å². The number of carbonyl (C=O) groups is 2. The summed E-state index contributed by atoms with van der Waals surface area (Å²) in [6.45, 7) is -0.448. The Labute approximate surface area is 221 Å². The van der Waals surface area contributed by atoms with E-state index in [0.717, 1.165) is 9.87 Å². The first kappa shape index (κ1) is 27.7. The topological polar surface area (TPSA) is 86.8 Å². The minimum Gasteiger partial charge on any atom is -0.357 e. The second-order valence-corrected chi connectivity index (χ2v) is 11.0. The van der Waals surface area contributed by atoms with E-state index in [1.54, 1.807) is 24.3 Å². The van der Waals surface area contributed by atoms with Gasteiger partial charge in [0.1, 0.15) is 6.04 Å². The number of sulfonamides is 1. The predicted octanol–water partition coefficient (Wildman–Crippen LogP) is 4.00. The van der Waals surface area contributed by atoms with E-state index < -0.39 is 28.5 Å². The van der Waals surface area contributed by atoms with Gasteiger partial charge in [-0.1, -0.05) is 71.7 Å². The van der Waals surface area contributed by atoms with Gasteiger partial charge in [-0.3, -0.25) is 9.59 Å². The summed E-state index contributed by atoms with van der Waals surface area (Å²) < 4.78 is 27.1. The number of amides is 2. The van der Waals surface area contributed by atoms with Crippen LogP contribution in [0, 0.1) is 0 Å². The lowest BCUT2D eigenvalue weighted by Crippen LogP contribution is -2.52. The Morgan fingerprint density at radius 3 is 2.14 bits per heavy atom. The van der Waals surface area contributed by atoms with Gasteiger partial charge >= 0.3 is 0 Å². The number of rotatable bonds is 10. The van der Waals surface area contributed by atoms with Crippen LogP contribution < -0.4 is 5.32 Å². The summed E-state index contributed by atoms with van der Waals surface area (Å²) in [5.41, 5.74) is 1.49. The summed E-state index contributed by atoms with van der Waals surface area (Å²) >= 11 is 12.3. The van der Waals surface area contributed by atoms with Crippen LogP contribution in [0.4, 0.5) is 0 Å². The fourth-order valence-electron chi connectivity index (χ4n) is 3.68. The van der Waals surface area contributed by atoms with Crippen LogP contribution in [0.1, 0.15) is 11.1 Å². The molecule has 1 unspecified atom stereocenters. The molecule has 0 heterocycles. The fraction of sp³-hybridized carbons (Fsp3) is 0.231. The first-order chi connectivity index (χ1) is 17.1. The van der Waals surface area contributed by atoms with E-state index >= 15 is 0 Å². The standard InChI is InChI=1S/C26H27Cl2N3O4S/c1-29-26(33)24(16-19-8-4-3-5-9-19)31(17-20-10-6-7-11-23(20)28)25(32)18-30(2)36(34,35)22-14-12-21(27)13-15-22/h3-15,24H,16-18H2,1-2H3,(H,29,33). The quantitative estimate of drug-likeness (QED) is 0.415. The molecular weight excluding hydrogens is 521 g/mol. The molecule has 0 aromatic heterocycles. The van der Waals surface area contributed by atoms with Crippen LogP contribution in [0.5, 0.6) is 0 Å². The number of halogens is 2. The Bertz CT molecular complexity index is 1300. The molecule has 190 valence electrons. The highest BCUT2D eigenvalue weighted by Crippen LogP contribution is 2.22. The second-order valence-electron chi connectivity index (χ2n) is 8.15. The molecule has 1 N–H and O–H groups in total. The Hall–Kier alpha value is -2.91. The van der Waals surface area contributed by atoms with E-state index in [1.165, 1.54) is 43.3 Å². The summed E-state index contributed by atoms with van der Waals surface area (Å²) in [5.74, 6) is -0.915. The van der Waals surface area contributed by atoms with Crippen LogP contribution in [0.3, 0.4) is 0 Å². The SMILES string of the molecule is CNC(=O)C(Cc1ccccc1)N(Cc1ccccc1Cl)C(=O)CN(C)S(=O)(=O)c1ccc(Cl)cc1. The third-order valence-corrected chi connectivity index (χ3v) is 8.13. The lowest BCUT2D eigenvalue weighted by molar-refractivity contribution is -0.141. The highest BCUT2D eigenvalue weighted by molar-refractivity contribution is 7.89. The zero-order valence-corrected chi connectivity index (χ0v) is 22.2. The summed E-state index contributed by atoms with van der Waals surface area (Å²) in [6, 6.07) is 21.1. The first-order valence-corrected chi connectivity index (χ1v) is 13.3. The van der Waals surface area contributed by atoms with Crippen LogP contribution in [0.2, 0.25) is 10.0 Å². The molecule has 0 saturated carbocycles. The van der Waals surface area contributed by atoms with E-state index in [1.807, 2.05) is 30.3 Å². The van der Waals surface area contributed by atoms with Crippen molar-refractivity contribution in [1.82, 2.24) is 14.5 Å². The van der Waals surface area contributed by atoms with Gasteiger partial charge in [-0.25, -0.2) is 8.42 Å². The Morgan fingerprint density at radius 2 is 1.53 bits per heavy atom. The van der Waals surface area contributed by atoms with E-state index in [0.29, 0.717) is 15.6 Å². The number of nitrogens with one attached hydrogen (secondary N) is 1. The maximum absolute atomic E-state index is 13.6. The van der Waals surface area contributed by atoms with Crippen molar-refractivity contribution in [2.45, 2.75) is 23.9 Å². The van der Waals surface area contributed by atoms with E-state index in [9.17, 15) is 18.0 Å². The highest BCUT2D eigenvalue weighted by Gasteiger charge is 2.32. The number of nitrogens with zero attached hydrogens (tertiary/aromatic N) is 2. The van der Waals surface area contributed by atoms with Crippen LogP contribution >= 0.6 is 23.2 Å². The van der Waals surface area contributed by atoms with Crippen molar-refractivity contribution in [3.8, 4) is 0 Å². The molecule has 10 heteroatoms. The molecule has 1 atom stereocenters. The molecule has 0 aliphatic rings. The van der Waals surface area contributed by atoms with Crippen molar-refractivity contribution >= 4 is 45.0 Å². The Morgan fingerprint density at radius 1 is 0.917 bits per heavy atom. The molecule has 3 aromatic rings. The molecule has 7 nitrogen and oxygen atoms in total. The lowest BCUT2D eigenvalue weighted by Gasteiger charge is -2.32. The minimum atomic E-state index is -3.98.